The van der Waals surface area contributed by atoms with Crippen LogP contribution in [0.2, 0.25) is 0 Å². The quantitative estimate of drug-likeness (QED) is 0.649. The van der Waals surface area contributed by atoms with Crippen molar-refractivity contribution in [2.45, 2.75) is 25.4 Å². The van der Waals surface area contributed by atoms with Gasteiger partial charge in [-0.2, -0.15) is 0 Å². The van der Waals surface area contributed by atoms with Crippen LogP contribution in [0.15, 0.2) is 40.9 Å². The molecule has 0 bridgehead atoms. The number of carboxylic acid groups (broad SMARTS) is 1. The Morgan fingerprint density at radius 3 is 2.50 bits per heavy atom. The summed E-state index contributed by atoms with van der Waals surface area (Å²) in [5, 5.41) is 9.19. The topological polar surface area (TPSA) is 77.9 Å². The number of thiol groups is 1. The number of hydrogen-bond donors (Lipinski definition) is 2. The Morgan fingerprint density at radius 2 is 1.95 bits per heavy atom. The molecule has 0 aromatic heterocycles. The lowest BCUT2D eigenvalue weighted by atomic mass is 9.93. The second-order valence-electron chi connectivity index (χ2n) is 5.25. The van der Waals surface area contributed by atoms with Gasteiger partial charge < -0.3 is 5.11 Å². The highest BCUT2D eigenvalue weighted by atomic mass is 32.1. The van der Waals surface area contributed by atoms with E-state index in [9.17, 15) is 19.5 Å². The van der Waals surface area contributed by atoms with E-state index in [-0.39, 0.29) is 23.6 Å². The third kappa shape index (κ3) is 2.00. The number of benzene rings is 1. The van der Waals surface area contributed by atoms with E-state index in [1.54, 1.807) is 24.3 Å². The molecule has 0 radical (unpaired) electrons. The van der Waals surface area contributed by atoms with Gasteiger partial charge >= 0.3 is 5.97 Å². The Hall–Kier alpha value is -2.28. The molecular weight excluding hydrogens is 304 g/mol. The minimum Gasteiger partial charge on any atom is -0.477 e. The van der Waals surface area contributed by atoms with Gasteiger partial charge in [0.25, 0.3) is 5.91 Å². The summed E-state index contributed by atoms with van der Waals surface area (Å²) in [4.78, 5) is 38.7. The van der Waals surface area contributed by atoms with Crippen molar-refractivity contribution in [1.82, 2.24) is 4.90 Å². The summed E-state index contributed by atoms with van der Waals surface area (Å²) in [5.41, 5.74) is 0.545. The summed E-state index contributed by atoms with van der Waals surface area (Å²) in [6, 6.07) is 7.84. The zero-order valence-electron chi connectivity index (χ0n) is 11.8. The number of hydrogen-bond acceptors (Lipinski definition) is 4. The molecule has 3 rings (SSSR count). The number of carboxylic acids is 1. The van der Waals surface area contributed by atoms with Crippen molar-refractivity contribution in [2.75, 3.05) is 4.90 Å². The molecule has 1 N–H and O–H groups in total. The van der Waals surface area contributed by atoms with Crippen LogP contribution in [0, 0.1) is 0 Å². The number of nitrogens with zero attached hydrogens (tertiary/aromatic N) is 2. The number of fused-ring (bicyclic) bond motifs is 1. The van der Waals surface area contributed by atoms with E-state index in [1.807, 2.05) is 6.07 Å². The summed E-state index contributed by atoms with van der Waals surface area (Å²) >= 11 is 4.18. The second kappa shape index (κ2) is 5.17. The van der Waals surface area contributed by atoms with Crippen LogP contribution >= 0.6 is 12.6 Å². The molecule has 1 fully saturated rings. The van der Waals surface area contributed by atoms with E-state index >= 15 is 0 Å². The highest BCUT2D eigenvalue weighted by Gasteiger charge is 2.57. The zero-order valence-corrected chi connectivity index (χ0v) is 12.7. The molecule has 6 nitrogen and oxygen atoms in total. The lowest BCUT2D eigenvalue weighted by Crippen LogP contribution is -2.69. The van der Waals surface area contributed by atoms with Crippen LogP contribution in [0.3, 0.4) is 0 Å². The Labute approximate surface area is 132 Å². The fraction of sp³-hybridized carbons (Fsp3) is 0.267. The normalized spacial score (nSPS) is 23.2. The van der Waals surface area contributed by atoms with Crippen molar-refractivity contribution >= 4 is 36.1 Å². The number of anilines is 1. The Bertz CT molecular complexity index is 701. The summed E-state index contributed by atoms with van der Waals surface area (Å²) < 4.78 is 0. The lowest BCUT2D eigenvalue weighted by Gasteiger charge is -2.47. The first kappa shape index (κ1) is 14.6. The first-order valence-corrected chi connectivity index (χ1v) is 7.21. The molecule has 0 saturated carbocycles. The summed E-state index contributed by atoms with van der Waals surface area (Å²) in [6.45, 7) is 1.39. The molecular formula is C15H14N2O4S. The average Bonchev–Trinajstić information content (AvgIpc) is 2.78. The standard InChI is InChI=1S/C15H14N2O4S/c1-8(18)16(9-5-3-2-4-6-9)12-10-7-11(22)13(15(20)21)17(10)14(12)19/h2-6,10,12,22H,7H2,1H3,(H,20,21). The van der Waals surface area contributed by atoms with Gasteiger partial charge in [-0.05, 0) is 12.1 Å². The van der Waals surface area contributed by atoms with Gasteiger partial charge in [-0.25, -0.2) is 4.79 Å². The number of rotatable bonds is 3. The molecule has 1 aromatic carbocycles. The number of carbonyl (C=O) groups is 3. The predicted molar refractivity (Wildman–Crippen MR) is 82.3 cm³/mol. The molecule has 2 aliphatic rings. The minimum atomic E-state index is -1.17. The maximum absolute atomic E-state index is 12.4. The molecule has 2 atom stereocenters. The van der Waals surface area contributed by atoms with Crippen molar-refractivity contribution in [3.05, 3.63) is 40.9 Å². The van der Waals surface area contributed by atoms with E-state index < -0.39 is 12.0 Å². The molecule has 2 aliphatic heterocycles. The van der Waals surface area contributed by atoms with Gasteiger partial charge in [0.1, 0.15) is 11.7 Å². The van der Waals surface area contributed by atoms with E-state index in [4.69, 9.17) is 0 Å². The van der Waals surface area contributed by atoms with Crippen molar-refractivity contribution in [2.24, 2.45) is 0 Å². The lowest BCUT2D eigenvalue weighted by molar-refractivity contribution is -0.150. The van der Waals surface area contributed by atoms with Crippen molar-refractivity contribution < 1.29 is 19.5 Å². The van der Waals surface area contributed by atoms with Crippen molar-refractivity contribution in [1.29, 1.82) is 0 Å². The van der Waals surface area contributed by atoms with Gasteiger partial charge in [0.05, 0.1) is 6.04 Å². The molecule has 0 aliphatic carbocycles. The SMILES string of the molecule is CC(=O)N(c1ccccc1)C1C(=O)N2C(C(=O)O)=C(S)CC12. The fourth-order valence-electron chi connectivity index (χ4n) is 3.08. The van der Waals surface area contributed by atoms with E-state index in [0.717, 1.165) is 0 Å². The first-order chi connectivity index (χ1) is 10.4. The van der Waals surface area contributed by atoms with Crippen LogP contribution in [0.1, 0.15) is 13.3 Å². The number of amides is 2. The third-order valence-electron chi connectivity index (χ3n) is 3.96. The average molecular weight is 318 g/mol. The Morgan fingerprint density at radius 1 is 1.32 bits per heavy atom. The Balaban J connectivity index is 1.93. The smallest absolute Gasteiger partial charge is 0.353 e. The van der Waals surface area contributed by atoms with E-state index in [2.05, 4.69) is 12.6 Å². The minimum absolute atomic E-state index is 0.0776. The summed E-state index contributed by atoms with van der Waals surface area (Å²) in [5.74, 6) is -1.81. The molecule has 22 heavy (non-hydrogen) atoms. The number of para-hydroxylation sites is 1. The molecule has 1 saturated heterocycles. The molecule has 2 heterocycles. The predicted octanol–water partition coefficient (Wildman–Crippen LogP) is 1.25. The molecule has 2 amide bonds. The maximum atomic E-state index is 12.4. The largest absolute Gasteiger partial charge is 0.477 e. The van der Waals surface area contributed by atoms with Crippen LogP contribution in [-0.2, 0) is 14.4 Å². The fourth-order valence-corrected chi connectivity index (χ4v) is 3.47. The van der Waals surface area contributed by atoms with Gasteiger partial charge in [0.2, 0.25) is 5.91 Å². The number of carbonyl (C=O) groups excluding carboxylic acids is 2. The number of aliphatic carboxylic acids is 1. The van der Waals surface area contributed by atoms with Gasteiger partial charge in [-0.1, -0.05) is 18.2 Å². The first-order valence-electron chi connectivity index (χ1n) is 6.76. The van der Waals surface area contributed by atoms with Crippen LogP contribution in [0.4, 0.5) is 5.69 Å². The van der Waals surface area contributed by atoms with Crippen molar-refractivity contribution in [3.8, 4) is 0 Å². The second-order valence-corrected chi connectivity index (χ2v) is 5.79. The van der Waals surface area contributed by atoms with Gasteiger partial charge in [-0.3, -0.25) is 19.4 Å². The van der Waals surface area contributed by atoms with Gasteiger partial charge in [0.15, 0.2) is 0 Å². The van der Waals surface area contributed by atoms with Crippen LogP contribution in [0.25, 0.3) is 0 Å². The highest BCUT2D eigenvalue weighted by molar-refractivity contribution is 7.84. The summed E-state index contributed by atoms with van der Waals surface area (Å²) in [7, 11) is 0. The molecule has 0 spiro atoms. The molecule has 114 valence electrons. The Kier molecular flexibility index (Phi) is 3.44. The summed E-state index contributed by atoms with van der Waals surface area (Å²) in [6.07, 6.45) is 0.345. The number of β-lactam (4-membered cyclic amide) rings is 1. The highest BCUT2D eigenvalue weighted by Crippen LogP contribution is 2.43. The molecule has 7 heteroatoms. The van der Waals surface area contributed by atoms with Crippen molar-refractivity contribution in [3.63, 3.8) is 0 Å². The zero-order chi connectivity index (χ0) is 16.0. The van der Waals surface area contributed by atoms with Crippen LogP contribution in [0.5, 0.6) is 0 Å². The molecule has 2 unspecified atom stereocenters. The van der Waals surface area contributed by atoms with E-state index in [0.29, 0.717) is 17.0 Å². The maximum Gasteiger partial charge on any atom is 0.353 e. The van der Waals surface area contributed by atoms with Gasteiger partial charge in [-0.15, -0.1) is 12.6 Å². The van der Waals surface area contributed by atoms with Gasteiger partial charge in [0, 0.05) is 23.9 Å². The molecule has 1 aromatic rings. The van der Waals surface area contributed by atoms with Crippen LogP contribution in [-0.4, -0.2) is 39.9 Å². The monoisotopic (exact) mass is 318 g/mol. The van der Waals surface area contributed by atoms with Crippen LogP contribution < -0.4 is 4.90 Å². The third-order valence-corrected chi connectivity index (χ3v) is 4.35. The van der Waals surface area contributed by atoms with E-state index in [1.165, 1.54) is 16.7 Å².